The van der Waals surface area contributed by atoms with Gasteiger partial charge in [-0.15, -0.1) is 24.0 Å². The first-order valence-electron chi connectivity index (χ1n) is 8.58. The van der Waals surface area contributed by atoms with Crippen molar-refractivity contribution in [1.82, 2.24) is 10.6 Å². The van der Waals surface area contributed by atoms with Crippen LogP contribution in [0.25, 0.3) is 0 Å². The number of aliphatic imine (C=N–C) groups is 1. The van der Waals surface area contributed by atoms with Crippen molar-refractivity contribution in [3.63, 3.8) is 0 Å². The Morgan fingerprint density at radius 2 is 2.04 bits per heavy atom. The van der Waals surface area contributed by atoms with E-state index in [1.165, 1.54) is 0 Å². The first-order valence-corrected chi connectivity index (χ1v) is 8.58. The predicted molar refractivity (Wildman–Crippen MR) is 113 cm³/mol. The van der Waals surface area contributed by atoms with Crippen LogP contribution in [0.15, 0.2) is 52.1 Å². The average molecular weight is 457 g/mol. The SMILES string of the molecule is CCCCOc1cccc(CN=C(NCC)NCc2ccco2)c1.I. The van der Waals surface area contributed by atoms with Crippen molar-refractivity contribution in [2.24, 2.45) is 4.99 Å². The van der Waals surface area contributed by atoms with Crippen LogP contribution in [-0.2, 0) is 13.1 Å². The van der Waals surface area contributed by atoms with Crippen LogP contribution in [0.1, 0.15) is 38.0 Å². The molecule has 0 fully saturated rings. The van der Waals surface area contributed by atoms with Gasteiger partial charge in [-0.1, -0.05) is 25.5 Å². The van der Waals surface area contributed by atoms with Gasteiger partial charge in [0.05, 0.1) is 26.0 Å². The molecule has 1 aromatic heterocycles. The Bertz CT molecular complexity index is 615. The third-order valence-corrected chi connectivity index (χ3v) is 3.44. The smallest absolute Gasteiger partial charge is 0.191 e. The quantitative estimate of drug-likeness (QED) is 0.255. The van der Waals surface area contributed by atoms with E-state index < -0.39 is 0 Å². The number of hydrogen-bond donors (Lipinski definition) is 2. The van der Waals surface area contributed by atoms with E-state index >= 15 is 0 Å². The lowest BCUT2D eigenvalue weighted by molar-refractivity contribution is 0.309. The van der Waals surface area contributed by atoms with E-state index in [0.717, 1.165) is 49.0 Å². The molecule has 1 aromatic carbocycles. The highest BCUT2D eigenvalue weighted by molar-refractivity contribution is 14.0. The van der Waals surface area contributed by atoms with Crippen LogP contribution in [0, 0.1) is 0 Å². The second-order valence-corrected chi connectivity index (χ2v) is 5.48. The molecule has 2 aromatic rings. The number of nitrogens with one attached hydrogen (secondary N) is 2. The van der Waals surface area contributed by atoms with E-state index in [1.54, 1.807) is 6.26 Å². The van der Waals surface area contributed by atoms with Gasteiger partial charge in [-0.05, 0) is 43.2 Å². The second kappa shape index (κ2) is 12.6. The molecule has 0 aliphatic rings. The average Bonchev–Trinajstić information content (AvgIpc) is 3.11. The number of furan rings is 1. The highest BCUT2D eigenvalue weighted by Gasteiger charge is 2.01. The summed E-state index contributed by atoms with van der Waals surface area (Å²) in [5, 5.41) is 6.50. The molecule has 0 radical (unpaired) electrons. The summed E-state index contributed by atoms with van der Waals surface area (Å²) in [6, 6.07) is 11.9. The standard InChI is InChI=1S/C19H27N3O2.HI/c1-3-5-11-23-17-9-6-8-16(13-17)14-21-19(20-4-2)22-15-18-10-7-12-24-18;/h6-10,12-13H,3-5,11,14-15H2,1-2H3,(H2,20,21,22);1H. The minimum atomic E-state index is 0. The zero-order valence-corrected chi connectivity index (χ0v) is 17.3. The van der Waals surface area contributed by atoms with E-state index in [9.17, 15) is 0 Å². The number of nitrogens with zero attached hydrogens (tertiary/aromatic N) is 1. The van der Waals surface area contributed by atoms with Gasteiger partial charge < -0.3 is 19.8 Å². The predicted octanol–water partition coefficient (Wildman–Crippen LogP) is 4.33. The summed E-state index contributed by atoms with van der Waals surface area (Å²) in [7, 11) is 0. The molecule has 25 heavy (non-hydrogen) atoms. The van der Waals surface area contributed by atoms with Crippen LogP contribution in [0.2, 0.25) is 0 Å². The Hall–Kier alpha value is -1.70. The molecule has 0 saturated carbocycles. The zero-order chi connectivity index (χ0) is 17.0. The van der Waals surface area contributed by atoms with Crippen LogP contribution in [0.5, 0.6) is 5.75 Å². The van der Waals surface area contributed by atoms with E-state index in [4.69, 9.17) is 9.15 Å². The molecule has 138 valence electrons. The summed E-state index contributed by atoms with van der Waals surface area (Å²) in [5.41, 5.74) is 1.12. The summed E-state index contributed by atoms with van der Waals surface area (Å²) >= 11 is 0. The molecule has 0 atom stereocenters. The Balaban J connectivity index is 0.00000312. The lowest BCUT2D eigenvalue weighted by Crippen LogP contribution is -2.36. The number of hydrogen-bond acceptors (Lipinski definition) is 3. The van der Waals surface area contributed by atoms with Crippen LogP contribution >= 0.6 is 24.0 Å². The van der Waals surface area contributed by atoms with Gasteiger partial charge in [-0.25, -0.2) is 4.99 Å². The van der Waals surface area contributed by atoms with Crippen LogP contribution in [0.3, 0.4) is 0 Å². The Labute approximate surface area is 167 Å². The molecule has 0 aliphatic carbocycles. The fourth-order valence-electron chi connectivity index (χ4n) is 2.16. The molecule has 1 heterocycles. The second-order valence-electron chi connectivity index (χ2n) is 5.48. The number of unbranched alkanes of at least 4 members (excludes halogenated alkanes) is 1. The van der Waals surface area contributed by atoms with E-state index in [1.807, 2.05) is 31.2 Å². The topological polar surface area (TPSA) is 58.8 Å². The van der Waals surface area contributed by atoms with Crippen molar-refractivity contribution in [1.29, 1.82) is 0 Å². The van der Waals surface area contributed by atoms with Crippen molar-refractivity contribution in [2.75, 3.05) is 13.2 Å². The van der Waals surface area contributed by atoms with Crippen molar-refractivity contribution >= 4 is 29.9 Å². The number of rotatable bonds is 9. The lowest BCUT2D eigenvalue weighted by atomic mass is 10.2. The van der Waals surface area contributed by atoms with Gasteiger partial charge in [0.2, 0.25) is 0 Å². The summed E-state index contributed by atoms with van der Waals surface area (Å²) in [5.74, 6) is 2.56. The van der Waals surface area contributed by atoms with Gasteiger partial charge in [0, 0.05) is 6.54 Å². The zero-order valence-electron chi connectivity index (χ0n) is 15.0. The normalized spacial score (nSPS) is 10.9. The Kier molecular flexibility index (Phi) is 10.8. The fourth-order valence-corrected chi connectivity index (χ4v) is 2.16. The van der Waals surface area contributed by atoms with Crippen molar-refractivity contribution in [3.8, 4) is 5.75 Å². The fraction of sp³-hybridized carbons (Fsp3) is 0.421. The van der Waals surface area contributed by atoms with E-state index in [0.29, 0.717) is 13.1 Å². The molecule has 0 unspecified atom stereocenters. The Morgan fingerprint density at radius 1 is 1.16 bits per heavy atom. The maximum Gasteiger partial charge on any atom is 0.191 e. The molecular weight excluding hydrogens is 429 g/mol. The molecule has 2 N–H and O–H groups in total. The molecule has 0 aliphatic heterocycles. The number of benzene rings is 1. The van der Waals surface area contributed by atoms with Crippen molar-refractivity contribution in [3.05, 3.63) is 54.0 Å². The Morgan fingerprint density at radius 3 is 2.76 bits per heavy atom. The third kappa shape index (κ3) is 8.29. The van der Waals surface area contributed by atoms with Gasteiger partial charge in [-0.2, -0.15) is 0 Å². The largest absolute Gasteiger partial charge is 0.494 e. The minimum Gasteiger partial charge on any atom is -0.494 e. The molecule has 0 bridgehead atoms. The number of halogens is 1. The number of ether oxygens (including phenoxy) is 1. The molecular formula is C19H28IN3O2. The molecule has 0 amide bonds. The van der Waals surface area contributed by atoms with E-state index in [2.05, 4.69) is 34.7 Å². The van der Waals surface area contributed by atoms with Gasteiger partial charge >= 0.3 is 0 Å². The summed E-state index contributed by atoms with van der Waals surface area (Å²) in [6.07, 6.45) is 3.88. The van der Waals surface area contributed by atoms with Crippen molar-refractivity contribution in [2.45, 2.75) is 39.8 Å². The van der Waals surface area contributed by atoms with Gasteiger partial charge in [0.15, 0.2) is 5.96 Å². The van der Waals surface area contributed by atoms with Gasteiger partial charge in [0.1, 0.15) is 11.5 Å². The van der Waals surface area contributed by atoms with Crippen LogP contribution < -0.4 is 15.4 Å². The highest BCUT2D eigenvalue weighted by atomic mass is 127. The molecule has 0 spiro atoms. The van der Waals surface area contributed by atoms with Gasteiger partial charge in [0.25, 0.3) is 0 Å². The van der Waals surface area contributed by atoms with Gasteiger partial charge in [-0.3, -0.25) is 0 Å². The first-order chi connectivity index (χ1) is 11.8. The summed E-state index contributed by atoms with van der Waals surface area (Å²) in [4.78, 5) is 4.62. The lowest BCUT2D eigenvalue weighted by Gasteiger charge is -2.10. The third-order valence-electron chi connectivity index (χ3n) is 3.44. The first kappa shape index (κ1) is 21.3. The molecule has 2 rings (SSSR count). The monoisotopic (exact) mass is 457 g/mol. The minimum absolute atomic E-state index is 0. The summed E-state index contributed by atoms with van der Waals surface area (Å²) in [6.45, 7) is 6.98. The van der Waals surface area contributed by atoms with Crippen LogP contribution in [-0.4, -0.2) is 19.1 Å². The maximum absolute atomic E-state index is 5.75. The highest BCUT2D eigenvalue weighted by Crippen LogP contribution is 2.14. The maximum atomic E-state index is 5.75. The number of guanidine groups is 1. The summed E-state index contributed by atoms with van der Waals surface area (Å²) < 4.78 is 11.1. The van der Waals surface area contributed by atoms with Crippen LogP contribution in [0.4, 0.5) is 0 Å². The van der Waals surface area contributed by atoms with Crippen molar-refractivity contribution < 1.29 is 9.15 Å². The molecule has 6 heteroatoms. The van der Waals surface area contributed by atoms with E-state index in [-0.39, 0.29) is 24.0 Å². The molecule has 5 nitrogen and oxygen atoms in total. The molecule has 0 saturated heterocycles.